The molecule has 0 radical (unpaired) electrons. The van der Waals surface area contributed by atoms with Gasteiger partial charge in [0.15, 0.2) is 11.1 Å². The molecular weight excluding hydrogens is 323 g/mol. The fraction of sp³-hybridized carbons (Fsp3) is 0.250. The fourth-order valence-electron chi connectivity index (χ4n) is 1.71. The van der Waals surface area contributed by atoms with Gasteiger partial charge in [-0.3, -0.25) is 4.72 Å². The molecule has 0 saturated heterocycles. The minimum absolute atomic E-state index is 0.104. The first kappa shape index (κ1) is 16.3. The lowest BCUT2D eigenvalue weighted by Crippen LogP contribution is -2.20. The van der Waals surface area contributed by atoms with Crippen LogP contribution in [0.15, 0.2) is 35.5 Å². The summed E-state index contributed by atoms with van der Waals surface area (Å²) >= 11 is 0. The van der Waals surface area contributed by atoms with E-state index in [0.29, 0.717) is 5.82 Å². The first-order valence-corrected chi connectivity index (χ1v) is 7.47. The van der Waals surface area contributed by atoms with E-state index in [1.807, 2.05) is 0 Å². The summed E-state index contributed by atoms with van der Waals surface area (Å²) in [6, 6.07) is 4.45. The van der Waals surface area contributed by atoms with E-state index < -0.39 is 27.9 Å². The number of sulfonamides is 1. The van der Waals surface area contributed by atoms with Crippen LogP contribution in [0.5, 0.6) is 0 Å². The van der Waals surface area contributed by atoms with Crippen molar-refractivity contribution in [1.82, 2.24) is 9.97 Å². The Hall–Kier alpha value is -2.07. The molecule has 0 aliphatic rings. The Kier molecular flexibility index (Phi) is 4.16. The maximum atomic E-state index is 12.5. The summed E-state index contributed by atoms with van der Waals surface area (Å²) in [5.74, 6) is 0.376. The van der Waals surface area contributed by atoms with Gasteiger partial charge in [-0.05, 0) is 24.6 Å². The minimum atomic E-state index is -4.84. The second-order valence-electron chi connectivity index (χ2n) is 4.51. The number of anilines is 1. The lowest BCUT2D eigenvalue weighted by atomic mass is 10.1. The SMILES string of the molecule is Cc1ncc(S(=O)(=O)Nc2cccc(C(O)C(F)(F)F)c2)[nH]1. The molecule has 6 nitrogen and oxygen atoms in total. The summed E-state index contributed by atoms with van der Waals surface area (Å²) in [7, 11) is -4.00. The highest BCUT2D eigenvalue weighted by Crippen LogP contribution is 2.33. The van der Waals surface area contributed by atoms with Gasteiger partial charge in [0.05, 0.1) is 6.20 Å². The normalized spacial score (nSPS) is 13.9. The molecule has 10 heteroatoms. The summed E-state index contributed by atoms with van der Waals surface area (Å²) in [4.78, 5) is 6.25. The van der Waals surface area contributed by atoms with E-state index in [0.717, 1.165) is 18.3 Å². The topological polar surface area (TPSA) is 95.1 Å². The number of H-pyrrole nitrogens is 1. The van der Waals surface area contributed by atoms with Crippen molar-refractivity contribution in [2.45, 2.75) is 24.2 Å². The number of benzene rings is 1. The maximum Gasteiger partial charge on any atom is 0.418 e. The van der Waals surface area contributed by atoms with Crippen LogP contribution in [0.4, 0.5) is 18.9 Å². The summed E-state index contributed by atoms with van der Waals surface area (Å²) in [5.41, 5.74) is -0.568. The van der Waals surface area contributed by atoms with Crippen LogP contribution in [0.2, 0.25) is 0 Å². The van der Waals surface area contributed by atoms with Gasteiger partial charge in [-0.2, -0.15) is 21.6 Å². The lowest BCUT2D eigenvalue weighted by Gasteiger charge is -2.15. The molecule has 2 aromatic rings. The van der Waals surface area contributed by atoms with Gasteiger partial charge in [-0.1, -0.05) is 12.1 Å². The van der Waals surface area contributed by atoms with Gasteiger partial charge in [-0.15, -0.1) is 0 Å². The van der Waals surface area contributed by atoms with Crippen molar-refractivity contribution in [3.05, 3.63) is 41.9 Å². The van der Waals surface area contributed by atoms with E-state index in [1.54, 1.807) is 6.92 Å². The van der Waals surface area contributed by atoms with Gasteiger partial charge in [0.25, 0.3) is 10.0 Å². The average molecular weight is 335 g/mol. The van der Waals surface area contributed by atoms with E-state index in [4.69, 9.17) is 0 Å². The second kappa shape index (κ2) is 5.61. The Balaban J connectivity index is 2.28. The Bertz CT molecular complexity index is 771. The molecule has 0 saturated carbocycles. The van der Waals surface area contributed by atoms with Gasteiger partial charge in [0.1, 0.15) is 5.82 Å². The van der Waals surface area contributed by atoms with Crippen LogP contribution in [-0.2, 0) is 10.0 Å². The maximum absolute atomic E-state index is 12.5. The molecule has 1 aromatic carbocycles. The van der Waals surface area contributed by atoms with E-state index in [9.17, 15) is 26.7 Å². The van der Waals surface area contributed by atoms with Crippen LogP contribution in [0.25, 0.3) is 0 Å². The predicted octanol–water partition coefficient (Wildman–Crippen LogP) is 2.11. The number of aliphatic hydroxyl groups excluding tert-OH is 1. The zero-order chi connectivity index (χ0) is 16.5. The number of halogens is 3. The van der Waals surface area contributed by atoms with Crippen LogP contribution in [0.3, 0.4) is 0 Å². The zero-order valence-corrected chi connectivity index (χ0v) is 12.0. The first-order chi connectivity index (χ1) is 10.1. The van der Waals surface area contributed by atoms with Gasteiger partial charge in [-0.25, -0.2) is 4.98 Å². The third-order valence-corrected chi connectivity index (χ3v) is 4.02. The summed E-state index contributed by atoms with van der Waals surface area (Å²) < 4.78 is 63.6. The van der Waals surface area contributed by atoms with Crippen LogP contribution in [0, 0.1) is 6.92 Å². The fourth-order valence-corrected chi connectivity index (χ4v) is 2.73. The molecule has 0 aliphatic heterocycles. The van der Waals surface area contributed by atoms with Gasteiger partial charge < -0.3 is 10.1 Å². The monoisotopic (exact) mass is 335 g/mol. The molecule has 0 fully saturated rings. The molecule has 1 atom stereocenters. The molecule has 1 heterocycles. The molecular formula is C12H12F3N3O3S. The van der Waals surface area contributed by atoms with Crippen molar-refractivity contribution < 1.29 is 26.7 Å². The standard InChI is InChI=1S/C12H12F3N3O3S/c1-7-16-6-10(17-7)22(20,21)18-9-4-2-3-8(5-9)11(19)12(13,14)15/h2-6,11,18-19H,1H3,(H,16,17). The van der Waals surface area contributed by atoms with Crippen molar-refractivity contribution in [3.63, 3.8) is 0 Å². The van der Waals surface area contributed by atoms with Crippen molar-refractivity contribution in [3.8, 4) is 0 Å². The van der Waals surface area contributed by atoms with E-state index in [-0.39, 0.29) is 10.7 Å². The highest BCUT2D eigenvalue weighted by Gasteiger charge is 2.39. The molecule has 3 N–H and O–H groups in total. The molecule has 0 aliphatic carbocycles. The third kappa shape index (κ3) is 3.57. The number of alkyl halides is 3. The quantitative estimate of drug-likeness (QED) is 0.797. The molecule has 0 spiro atoms. The number of aliphatic hydroxyl groups is 1. The zero-order valence-electron chi connectivity index (χ0n) is 11.2. The molecule has 22 heavy (non-hydrogen) atoms. The summed E-state index contributed by atoms with van der Waals surface area (Å²) in [6.45, 7) is 1.55. The van der Waals surface area contributed by atoms with Gasteiger partial charge in [0.2, 0.25) is 0 Å². The largest absolute Gasteiger partial charge is 0.418 e. The lowest BCUT2D eigenvalue weighted by molar-refractivity contribution is -0.206. The smallest absolute Gasteiger partial charge is 0.379 e. The Morgan fingerprint density at radius 2 is 2.05 bits per heavy atom. The number of nitrogens with one attached hydrogen (secondary N) is 2. The van der Waals surface area contributed by atoms with Crippen molar-refractivity contribution >= 4 is 15.7 Å². The van der Waals surface area contributed by atoms with Crippen molar-refractivity contribution in [2.24, 2.45) is 0 Å². The third-order valence-electron chi connectivity index (χ3n) is 2.73. The summed E-state index contributed by atoms with van der Waals surface area (Å²) in [6.07, 6.45) is -6.43. The first-order valence-electron chi connectivity index (χ1n) is 5.99. The number of nitrogens with zero attached hydrogens (tertiary/aromatic N) is 1. The second-order valence-corrected chi connectivity index (χ2v) is 6.16. The van der Waals surface area contributed by atoms with E-state index in [2.05, 4.69) is 14.7 Å². The van der Waals surface area contributed by atoms with Crippen LogP contribution >= 0.6 is 0 Å². The number of aromatic amines is 1. The van der Waals surface area contributed by atoms with Crippen LogP contribution in [-0.4, -0.2) is 29.7 Å². The molecule has 0 amide bonds. The molecule has 0 bridgehead atoms. The predicted molar refractivity (Wildman–Crippen MR) is 71.6 cm³/mol. The van der Waals surface area contributed by atoms with E-state index in [1.165, 1.54) is 12.1 Å². The highest BCUT2D eigenvalue weighted by atomic mass is 32.2. The minimum Gasteiger partial charge on any atom is -0.379 e. The number of imidazole rings is 1. The average Bonchev–Trinajstić information content (AvgIpc) is 2.84. The molecule has 1 unspecified atom stereocenters. The van der Waals surface area contributed by atoms with Crippen molar-refractivity contribution in [1.29, 1.82) is 0 Å². The van der Waals surface area contributed by atoms with Crippen LogP contribution < -0.4 is 4.72 Å². The number of aryl methyl sites for hydroxylation is 1. The summed E-state index contributed by atoms with van der Waals surface area (Å²) in [5, 5.41) is 8.97. The Labute approximate surface area is 124 Å². The molecule has 1 aromatic heterocycles. The van der Waals surface area contributed by atoms with Gasteiger partial charge >= 0.3 is 6.18 Å². The Morgan fingerprint density at radius 1 is 1.36 bits per heavy atom. The van der Waals surface area contributed by atoms with Crippen LogP contribution in [0.1, 0.15) is 17.5 Å². The highest BCUT2D eigenvalue weighted by molar-refractivity contribution is 7.92. The molecule has 2 rings (SSSR count). The number of hydrogen-bond donors (Lipinski definition) is 3. The molecule has 120 valence electrons. The number of aromatic nitrogens is 2. The van der Waals surface area contributed by atoms with Crippen molar-refractivity contribution in [2.75, 3.05) is 4.72 Å². The van der Waals surface area contributed by atoms with Gasteiger partial charge in [0, 0.05) is 5.69 Å². The number of rotatable bonds is 4. The number of hydrogen-bond acceptors (Lipinski definition) is 4. The Morgan fingerprint density at radius 3 is 2.59 bits per heavy atom. The van der Waals surface area contributed by atoms with E-state index >= 15 is 0 Å².